The van der Waals surface area contributed by atoms with E-state index >= 15 is 0 Å². The zero-order valence-electron chi connectivity index (χ0n) is 10.2. The zero-order chi connectivity index (χ0) is 13.7. The number of anilines is 1. The van der Waals surface area contributed by atoms with E-state index in [1.165, 1.54) is 11.3 Å². The molecule has 20 heavy (non-hydrogen) atoms. The highest BCUT2D eigenvalue weighted by atomic mass is 79.9. The van der Waals surface area contributed by atoms with Crippen LogP contribution in [0.25, 0.3) is 32.6 Å². The highest BCUT2D eigenvalue weighted by Crippen LogP contribution is 2.29. The molecule has 0 saturated heterocycles. The number of thiazole rings is 1. The predicted molar refractivity (Wildman–Crippen MR) is 86.8 cm³/mol. The highest BCUT2D eigenvalue weighted by Gasteiger charge is 2.08. The number of H-pyrrole nitrogens is 1. The molecule has 4 rings (SSSR count). The Hall–Kier alpha value is -1.92. The van der Waals surface area contributed by atoms with Gasteiger partial charge in [-0.3, -0.25) is 0 Å². The van der Waals surface area contributed by atoms with Crippen LogP contribution < -0.4 is 5.73 Å². The van der Waals surface area contributed by atoms with E-state index in [4.69, 9.17) is 5.73 Å². The summed E-state index contributed by atoms with van der Waals surface area (Å²) >= 11 is 4.95. The number of imidazole rings is 1. The Bertz CT molecular complexity index is 941. The molecule has 4 nitrogen and oxygen atoms in total. The van der Waals surface area contributed by atoms with Gasteiger partial charge in [0.05, 0.1) is 21.3 Å². The lowest BCUT2D eigenvalue weighted by molar-refractivity contribution is 1.34. The summed E-state index contributed by atoms with van der Waals surface area (Å²) in [5.41, 5.74) is 9.66. The summed E-state index contributed by atoms with van der Waals surface area (Å²) in [7, 11) is 0. The number of halogens is 1. The Morgan fingerprint density at radius 2 is 1.90 bits per heavy atom. The number of rotatable bonds is 1. The lowest BCUT2D eigenvalue weighted by atomic mass is 10.2. The molecule has 98 valence electrons. The number of hydrogen-bond acceptors (Lipinski definition) is 4. The van der Waals surface area contributed by atoms with Crippen LogP contribution >= 0.6 is 27.3 Å². The first kappa shape index (κ1) is 11.9. The number of nitrogen functional groups attached to an aromatic ring is 1. The molecule has 0 aliphatic heterocycles. The Morgan fingerprint density at radius 3 is 2.80 bits per heavy atom. The fourth-order valence-corrected chi connectivity index (χ4v) is 3.34. The Balaban J connectivity index is 1.90. The third-order valence-electron chi connectivity index (χ3n) is 3.12. The molecule has 2 aromatic carbocycles. The summed E-state index contributed by atoms with van der Waals surface area (Å²) in [6.45, 7) is 0. The first-order valence-electron chi connectivity index (χ1n) is 6.01. The molecule has 3 N–H and O–H groups in total. The maximum atomic E-state index is 5.74. The van der Waals surface area contributed by atoms with Gasteiger partial charge in [0.2, 0.25) is 0 Å². The average molecular weight is 345 g/mol. The van der Waals surface area contributed by atoms with E-state index in [1.807, 2.05) is 30.3 Å². The number of hydrogen-bond donors (Lipinski definition) is 2. The number of fused-ring (bicyclic) bond motifs is 2. The van der Waals surface area contributed by atoms with Crippen LogP contribution in [0, 0.1) is 0 Å². The average Bonchev–Trinajstić information content (AvgIpc) is 2.99. The van der Waals surface area contributed by atoms with E-state index < -0.39 is 0 Å². The second kappa shape index (κ2) is 4.29. The van der Waals surface area contributed by atoms with Gasteiger partial charge in [0.1, 0.15) is 5.82 Å². The van der Waals surface area contributed by atoms with Crippen LogP contribution in [-0.4, -0.2) is 15.0 Å². The van der Waals surface area contributed by atoms with Crippen LogP contribution in [0.2, 0.25) is 0 Å². The fourth-order valence-electron chi connectivity index (χ4n) is 2.21. The van der Waals surface area contributed by atoms with Crippen LogP contribution in [0.3, 0.4) is 0 Å². The van der Waals surface area contributed by atoms with E-state index in [1.54, 1.807) is 0 Å². The summed E-state index contributed by atoms with van der Waals surface area (Å²) in [4.78, 5) is 12.2. The molecule has 2 aromatic heterocycles. The van der Waals surface area contributed by atoms with Gasteiger partial charge in [-0.05, 0) is 36.4 Å². The van der Waals surface area contributed by atoms with Gasteiger partial charge < -0.3 is 10.7 Å². The van der Waals surface area contributed by atoms with E-state index in [-0.39, 0.29) is 0 Å². The summed E-state index contributed by atoms with van der Waals surface area (Å²) in [6.07, 6.45) is 0. The fraction of sp³-hybridized carbons (Fsp3) is 0. The Kier molecular flexibility index (Phi) is 2.55. The van der Waals surface area contributed by atoms with Crippen molar-refractivity contribution in [1.29, 1.82) is 0 Å². The second-order valence-electron chi connectivity index (χ2n) is 4.48. The van der Waals surface area contributed by atoms with Crippen LogP contribution in [0.4, 0.5) is 5.13 Å². The number of nitrogens with one attached hydrogen (secondary N) is 1. The lowest BCUT2D eigenvalue weighted by Crippen LogP contribution is -1.80. The van der Waals surface area contributed by atoms with Gasteiger partial charge in [0.15, 0.2) is 5.13 Å². The Morgan fingerprint density at radius 1 is 1.05 bits per heavy atom. The SMILES string of the molecule is Nc1nc2ccc(-c3nc4ccc(Br)cc4[nH]3)cc2s1. The van der Waals surface area contributed by atoms with Gasteiger partial charge in [0, 0.05) is 10.0 Å². The molecule has 0 amide bonds. The van der Waals surface area contributed by atoms with Crippen LogP contribution in [-0.2, 0) is 0 Å². The van der Waals surface area contributed by atoms with Crippen molar-refractivity contribution in [3.05, 3.63) is 40.9 Å². The first-order chi connectivity index (χ1) is 9.69. The molecule has 0 aliphatic carbocycles. The van der Waals surface area contributed by atoms with Gasteiger partial charge >= 0.3 is 0 Å². The topological polar surface area (TPSA) is 67.6 Å². The molecule has 2 heterocycles. The van der Waals surface area contributed by atoms with Crippen molar-refractivity contribution in [2.75, 3.05) is 5.73 Å². The normalized spacial score (nSPS) is 11.4. The van der Waals surface area contributed by atoms with E-state index in [0.29, 0.717) is 5.13 Å². The Labute approximate surface area is 126 Å². The highest BCUT2D eigenvalue weighted by molar-refractivity contribution is 9.10. The maximum absolute atomic E-state index is 5.74. The number of nitrogens with two attached hydrogens (primary N) is 1. The number of benzene rings is 2. The largest absolute Gasteiger partial charge is 0.375 e. The molecular formula is C14H9BrN4S. The van der Waals surface area contributed by atoms with Crippen molar-refractivity contribution < 1.29 is 0 Å². The zero-order valence-corrected chi connectivity index (χ0v) is 12.6. The van der Waals surface area contributed by atoms with Gasteiger partial charge in [-0.15, -0.1) is 0 Å². The van der Waals surface area contributed by atoms with Crippen LogP contribution in [0.1, 0.15) is 0 Å². The quantitative estimate of drug-likeness (QED) is 0.544. The number of nitrogens with zero attached hydrogens (tertiary/aromatic N) is 2. The van der Waals surface area contributed by atoms with Crippen molar-refractivity contribution in [3.63, 3.8) is 0 Å². The summed E-state index contributed by atoms with van der Waals surface area (Å²) < 4.78 is 2.10. The molecule has 6 heteroatoms. The summed E-state index contributed by atoms with van der Waals surface area (Å²) in [6, 6.07) is 12.0. The molecule has 0 atom stereocenters. The van der Waals surface area contributed by atoms with Crippen molar-refractivity contribution in [2.24, 2.45) is 0 Å². The third kappa shape index (κ3) is 1.88. The van der Waals surface area contributed by atoms with E-state index in [0.717, 1.165) is 37.1 Å². The minimum atomic E-state index is 0.589. The molecule has 0 fully saturated rings. The van der Waals surface area contributed by atoms with Crippen molar-refractivity contribution >= 4 is 53.6 Å². The second-order valence-corrected chi connectivity index (χ2v) is 6.46. The molecular weight excluding hydrogens is 336 g/mol. The minimum Gasteiger partial charge on any atom is -0.375 e. The first-order valence-corrected chi connectivity index (χ1v) is 7.62. The molecule has 0 bridgehead atoms. The molecule has 0 unspecified atom stereocenters. The molecule has 0 saturated carbocycles. The van der Waals surface area contributed by atoms with Gasteiger partial charge in [0.25, 0.3) is 0 Å². The minimum absolute atomic E-state index is 0.589. The van der Waals surface area contributed by atoms with Gasteiger partial charge in [-0.1, -0.05) is 27.3 Å². The van der Waals surface area contributed by atoms with Gasteiger partial charge in [-0.2, -0.15) is 0 Å². The predicted octanol–water partition coefficient (Wildman–Crippen LogP) is 4.18. The van der Waals surface area contributed by atoms with Crippen molar-refractivity contribution in [3.8, 4) is 11.4 Å². The maximum Gasteiger partial charge on any atom is 0.181 e. The molecule has 0 radical (unpaired) electrons. The van der Waals surface area contributed by atoms with E-state index in [2.05, 4.69) is 36.9 Å². The van der Waals surface area contributed by atoms with Crippen molar-refractivity contribution in [1.82, 2.24) is 15.0 Å². The van der Waals surface area contributed by atoms with E-state index in [9.17, 15) is 0 Å². The standard InChI is InChI=1S/C14H9BrN4S/c15-8-2-4-9-11(6-8)18-13(17-9)7-1-3-10-12(5-7)20-14(16)19-10/h1-6H,(H2,16,19)(H,17,18). The number of aromatic amines is 1. The van der Waals surface area contributed by atoms with Gasteiger partial charge in [-0.25, -0.2) is 9.97 Å². The monoisotopic (exact) mass is 344 g/mol. The lowest BCUT2D eigenvalue weighted by Gasteiger charge is -1.95. The van der Waals surface area contributed by atoms with Crippen LogP contribution in [0.5, 0.6) is 0 Å². The smallest absolute Gasteiger partial charge is 0.181 e. The van der Waals surface area contributed by atoms with Crippen LogP contribution in [0.15, 0.2) is 40.9 Å². The number of aromatic nitrogens is 3. The molecule has 0 spiro atoms. The molecule has 0 aliphatic rings. The molecule has 4 aromatic rings. The van der Waals surface area contributed by atoms with Crippen molar-refractivity contribution in [2.45, 2.75) is 0 Å². The summed E-state index contributed by atoms with van der Waals surface area (Å²) in [5.74, 6) is 0.854. The third-order valence-corrected chi connectivity index (χ3v) is 4.46. The summed E-state index contributed by atoms with van der Waals surface area (Å²) in [5, 5.41) is 0.589.